The molecule has 2 atom stereocenters. The quantitative estimate of drug-likeness (QED) is 0.757. The zero-order valence-electron chi connectivity index (χ0n) is 16.4. The molecule has 1 unspecified atom stereocenters. The van der Waals surface area contributed by atoms with Gasteiger partial charge in [-0.05, 0) is 35.9 Å². The Kier molecular flexibility index (Phi) is 5.67. The van der Waals surface area contributed by atoms with Gasteiger partial charge in [0.05, 0.1) is 5.69 Å². The normalized spacial score (nSPS) is 21.6. The lowest BCUT2D eigenvalue weighted by molar-refractivity contribution is -0.114. The number of hydrogen-bond donors (Lipinski definition) is 2. The topological polar surface area (TPSA) is 71.0 Å². The second-order valence-corrected chi connectivity index (χ2v) is 8.28. The van der Waals surface area contributed by atoms with Crippen molar-refractivity contribution in [3.8, 4) is 11.5 Å². The summed E-state index contributed by atoms with van der Waals surface area (Å²) in [5.74, 6) is 1.30. The highest BCUT2D eigenvalue weighted by atomic mass is 35.5. The van der Waals surface area contributed by atoms with E-state index in [1.807, 2.05) is 30.3 Å². The minimum absolute atomic E-state index is 0.150. The number of likely N-dealkylation sites (tertiary alicyclic amines) is 1. The Balaban J connectivity index is 1.30. The van der Waals surface area contributed by atoms with Crippen LogP contribution in [0.1, 0.15) is 18.9 Å². The highest BCUT2D eigenvalue weighted by Crippen LogP contribution is 2.41. The number of aliphatic hydroxyl groups is 1. The third kappa shape index (κ3) is 4.66. The number of benzene rings is 2. The first kappa shape index (κ1) is 20.0. The molecule has 7 heteroatoms. The molecule has 0 bridgehead atoms. The third-order valence-corrected chi connectivity index (χ3v) is 5.59. The van der Waals surface area contributed by atoms with Crippen LogP contribution in [0.5, 0.6) is 11.5 Å². The van der Waals surface area contributed by atoms with Crippen LogP contribution in [-0.4, -0.2) is 53.9 Å². The number of para-hydroxylation sites is 2. The van der Waals surface area contributed by atoms with E-state index in [2.05, 4.69) is 10.2 Å². The number of carbonyl (C=O) groups is 1. The largest absolute Gasteiger partial charge is 0.489 e. The fourth-order valence-electron chi connectivity index (χ4n) is 4.14. The van der Waals surface area contributed by atoms with Gasteiger partial charge >= 0.3 is 0 Å². The van der Waals surface area contributed by atoms with Gasteiger partial charge in [0.2, 0.25) is 5.91 Å². The SMILES string of the molecule is CC(=O)Nc1ccccc1OC[C@H](O)CN1CCC2(Cc3cc(Cl)ccc3O2)C1. The molecule has 0 saturated carbocycles. The Labute approximate surface area is 175 Å². The minimum Gasteiger partial charge on any atom is -0.489 e. The molecule has 2 heterocycles. The summed E-state index contributed by atoms with van der Waals surface area (Å²) in [5, 5.41) is 13.9. The highest BCUT2D eigenvalue weighted by Gasteiger charge is 2.45. The highest BCUT2D eigenvalue weighted by molar-refractivity contribution is 6.30. The van der Waals surface area contributed by atoms with E-state index in [0.29, 0.717) is 18.0 Å². The summed E-state index contributed by atoms with van der Waals surface area (Å²) in [6.07, 6.45) is 1.11. The van der Waals surface area contributed by atoms with Crippen molar-refractivity contribution in [2.75, 3.05) is 31.6 Å². The zero-order valence-corrected chi connectivity index (χ0v) is 17.1. The van der Waals surface area contributed by atoms with Crippen molar-refractivity contribution in [3.05, 3.63) is 53.1 Å². The number of fused-ring (bicyclic) bond motifs is 1. The maximum Gasteiger partial charge on any atom is 0.221 e. The average Bonchev–Trinajstić information content (AvgIpc) is 3.22. The van der Waals surface area contributed by atoms with Crippen LogP contribution in [-0.2, 0) is 11.2 Å². The summed E-state index contributed by atoms with van der Waals surface area (Å²) in [5.41, 5.74) is 1.52. The number of nitrogens with one attached hydrogen (secondary N) is 1. The van der Waals surface area contributed by atoms with Crippen LogP contribution in [0.15, 0.2) is 42.5 Å². The number of aliphatic hydroxyl groups excluding tert-OH is 1. The van der Waals surface area contributed by atoms with Gasteiger partial charge in [-0.3, -0.25) is 9.69 Å². The van der Waals surface area contributed by atoms with Crippen molar-refractivity contribution in [1.29, 1.82) is 0 Å². The van der Waals surface area contributed by atoms with Crippen LogP contribution in [0.25, 0.3) is 0 Å². The van der Waals surface area contributed by atoms with Crippen LogP contribution in [0, 0.1) is 0 Å². The summed E-state index contributed by atoms with van der Waals surface area (Å²) in [4.78, 5) is 13.5. The Hall–Kier alpha value is -2.28. The number of amides is 1. The Morgan fingerprint density at radius 1 is 1.38 bits per heavy atom. The first-order chi connectivity index (χ1) is 13.9. The van der Waals surface area contributed by atoms with E-state index in [1.165, 1.54) is 6.92 Å². The summed E-state index contributed by atoms with van der Waals surface area (Å²) in [6, 6.07) is 13.0. The smallest absolute Gasteiger partial charge is 0.221 e. The van der Waals surface area contributed by atoms with Crippen molar-refractivity contribution in [3.63, 3.8) is 0 Å². The monoisotopic (exact) mass is 416 g/mol. The van der Waals surface area contributed by atoms with Gasteiger partial charge < -0.3 is 19.9 Å². The van der Waals surface area contributed by atoms with Crippen molar-refractivity contribution in [1.82, 2.24) is 4.90 Å². The summed E-state index contributed by atoms with van der Waals surface area (Å²) < 4.78 is 12.0. The molecule has 0 aromatic heterocycles. The molecule has 0 radical (unpaired) electrons. The van der Waals surface area contributed by atoms with Crippen LogP contribution >= 0.6 is 11.6 Å². The number of β-amino-alcohol motifs (C(OH)–C–C–N with tert-alkyl or cyclic N) is 1. The molecule has 2 aromatic carbocycles. The molecule has 4 rings (SSSR count). The van der Waals surface area contributed by atoms with E-state index in [4.69, 9.17) is 21.1 Å². The van der Waals surface area contributed by atoms with Crippen LogP contribution in [0.3, 0.4) is 0 Å². The predicted molar refractivity (Wildman–Crippen MR) is 112 cm³/mol. The fraction of sp³-hybridized carbons (Fsp3) is 0.409. The predicted octanol–water partition coefficient (Wildman–Crippen LogP) is 3.12. The molecule has 29 heavy (non-hydrogen) atoms. The van der Waals surface area contributed by atoms with Crippen LogP contribution < -0.4 is 14.8 Å². The number of halogens is 1. The number of rotatable bonds is 6. The van der Waals surface area contributed by atoms with Gasteiger partial charge in [-0.25, -0.2) is 0 Å². The van der Waals surface area contributed by atoms with Crippen LogP contribution in [0.2, 0.25) is 5.02 Å². The number of hydrogen-bond acceptors (Lipinski definition) is 5. The summed E-state index contributed by atoms with van der Waals surface area (Å²) >= 11 is 6.10. The van der Waals surface area contributed by atoms with Gasteiger partial charge in [0, 0.05) is 44.4 Å². The first-order valence-electron chi connectivity index (χ1n) is 9.80. The van der Waals surface area contributed by atoms with Crippen molar-refractivity contribution in [2.24, 2.45) is 0 Å². The van der Waals surface area contributed by atoms with Crippen molar-refractivity contribution >= 4 is 23.2 Å². The number of anilines is 1. The zero-order chi connectivity index (χ0) is 20.4. The maximum atomic E-state index is 11.3. The molecule has 1 amide bonds. The Morgan fingerprint density at radius 3 is 3.03 bits per heavy atom. The Morgan fingerprint density at radius 2 is 2.21 bits per heavy atom. The molecule has 1 saturated heterocycles. The van der Waals surface area contributed by atoms with Gasteiger partial charge in [-0.2, -0.15) is 0 Å². The molecule has 2 aromatic rings. The number of carbonyl (C=O) groups excluding carboxylic acids is 1. The second kappa shape index (κ2) is 8.22. The lowest BCUT2D eigenvalue weighted by Gasteiger charge is -2.25. The van der Waals surface area contributed by atoms with E-state index in [9.17, 15) is 9.90 Å². The standard InChI is InChI=1S/C22H25ClN2O4/c1-15(26)24-19-4-2-3-5-21(19)28-13-18(27)12-25-9-8-22(14-25)11-16-10-17(23)6-7-20(16)29-22/h2-7,10,18,27H,8-9,11-14H2,1H3,(H,24,26)/t18-,22?/m1/s1. The molecule has 2 aliphatic rings. The van der Waals surface area contributed by atoms with Gasteiger partial charge in [0.15, 0.2) is 0 Å². The molecular formula is C22H25ClN2O4. The lowest BCUT2D eigenvalue weighted by atomic mass is 9.96. The molecule has 2 aliphatic heterocycles. The number of ether oxygens (including phenoxy) is 2. The second-order valence-electron chi connectivity index (χ2n) is 7.84. The van der Waals surface area contributed by atoms with E-state index < -0.39 is 6.10 Å². The lowest BCUT2D eigenvalue weighted by Crippen LogP contribution is -2.40. The fourth-order valence-corrected chi connectivity index (χ4v) is 4.33. The van der Waals surface area contributed by atoms with E-state index in [0.717, 1.165) is 42.3 Å². The molecule has 154 valence electrons. The maximum absolute atomic E-state index is 11.3. The third-order valence-electron chi connectivity index (χ3n) is 5.35. The molecule has 0 aliphatic carbocycles. The van der Waals surface area contributed by atoms with Gasteiger partial charge in [0.25, 0.3) is 0 Å². The van der Waals surface area contributed by atoms with Crippen molar-refractivity contribution < 1.29 is 19.4 Å². The van der Waals surface area contributed by atoms with Crippen LogP contribution in [0.4, 0.5) is 5.69 Å². The minimum atomic E-state index is -0.645. The van der Waals surface area contributed by atoms with E-state index in [-0.39, 0.29) is 18.1 Å². The molecular weight excluding hydrogens is 392 g/mol. The number of nitrogens with zero attached hydrogens (tertiary/aromatic N) is 1. The summed E-state index contributed by atoms with van der Waals surface area (Å²) in [7, 11) is 0. The molecule has 6 nitrogen and oxygen atoms in total. The van der Waals surface area contributed by atoms with Gasteiger partial charge in [-0.1, -0.05) is 23.7 Å². The average molecular weight is 417 g/mol. The van der Waals surface area contributed by atoms with E-state index >= 15 is 0 Å². The first-order valence-corrected chi connectivity index (χ1v) is 10.2. The molecule has 1 fully saturated rings. The van der Waals surface area contributed by atoms with E-state index in [1.54, 1.807) is 12.1 Å². The van der Waals surface area contributed by atoms with Gasteiger partial charge in [0.1, 0.15) is 29.8 Å². The molecule has 2 N–H and O–H groups in total. The summed E-state index contributed by atoms with van der Waals surface area (Å²) in [6.45, 7) is 3.73. The molecule has 1 spiro atoms. The Bertz CT molecular complexity index is 906. The van der Waals surface area contributed by atoms with Crippen molar-refractivity contribution in [2.45, 2.75) is 31.5 Å². The van der Waals surface area contributed by atoms with Gasteiger partial charge in [-0.15, -0.1) is 0 Å².